The van der Waals surface area contributed by atoms with Crippen molar-refractivity contribution in [2.45, 2.75) is 12.5 Å². The summed E-state index contributed by atoms with van der Waals surface area (Å²) in [5.74, 6) is -0.416. The molecule has 0 saturated carbocycles. The highest BCUT2D eigenvalue weighted by Crippen LogP contribution is 2.27. The van der Waals surface area contributed by atoms with E-state index in [-0.39, 0.29) is 23.4 Å². The van der Waals surface area contributed by atoms with E-state index in [1.807, 2.05) is 30.3 Å². The normalized spacial score (nSPS) is 17.0. The van der Waals surface area contributed by atoms with Crippen molar-refractivity contribution in [1.29, 1.82) is 0 Å². The molecule has 1 aromatic heterocycles. The number of carbonyl (C=O) groups excluding carboxylic acids is 1. The Morgan fingerprint density at radius 1 is 1.24 bits per heavy atom. The fraction of sp³-hybridized carbons (Fsp3) is 0.133. The van der Waals surface area contributed by atoms with Gasteiger partial charge in [0.1, 0.15) is 5.71 Å². The molecular weight excluding hydrogens is 270 g/mol. The maximum Gasteiger partial charge on any atom is 0.274 e. The van der Waals surface area contributed by atoms with Crippen LogP contribution in [0.3, 0.4) is 0 Å². The molecule has 1 aliphatic heterocycles. The first-order chi connectivity index (χ1) is 10.2. The van der Waals surface area contributed by atoms with Crippen LogP contribution in [-0.4, -0.2) is 21.7 Å². The molecule has 106 valence electrons. The van der Waals surface area contributed by atoms with Gasteiger partial charge in [0.15, 0.2) is 17.7 Å². The van der Waals surface area contributed by atoms with Gasteiger partial charge >= 0.3 is 0 Å². The second kappa shape index (κ2) is 5.62. The molecule has 2 aromatic rings. The van der Waals surface area contributed by atoms with Gasteiger partial charge in [-0.2, -0.15) is 0 Å². The van der Waals surface area contributed by atoms with Crippen LogP contribution in [0.2, 0.25) is 0 Å². The molecule has 1 amide bonds. The second-order valence-corrected chi connectivity index (χ2v) is 4.57. The Kier molecular flexibility index (Phi) is 3.51. The number of hydrogen-bond donors (Lipinski definition) is 2. The Balaban J connectivity index is 1.66. The van der Waals surface area contributed by atoms with E-state index in [0.29, 0.717) is 6.42 Å². The van der Waals surface area contributed by atoms with Gasteiger partial charge in [0.05, 0.1) is 0 Å². The summed E-state index contributed by atoms with van der Waals surface area (Å²) < 4.78 is 0. The standard InChI is InChI=1S/C15H13N3O3/c19-12-7-4-8-16-14(12)17-15(20)11-9-13(21-18-11)10-5-2-1-3-6-10/h1-8,13,19H,9H2,(H,16,17,20)/t13-/m1/s1. The summed E-state index contributed by atoms with van der Waals surface area (Å²) in [7, 11) is 0. The Bertz CT molecular complexity index is 686. The molecule has 6 nitrogen and oxygen atoms in total. The predicted molar refractivity (Wildman–Crippen MR) is 76.9 cm³/mol. The quantitative estimate of drug-likeness (QED) is 0.904. The first kappa shape index (κ1) is 13.1. The van der Waals surface area contributed by atoms with Gasteiger partial charge in [-0.3, -0.25) is 4.79 Å². The van der Waals surface area contributed by atoms with Crippen LogP contribution in [-0.2, 0) is 9.63 Å². The summed E-state index contributed by atoms with van der Waals surface area (Å²) in [6, 6.07) is 12.6. The van der Waals surface area contributed by atoms with Crippen molar-refractivity contribution < 1.29 is 14.7 Å². The third-order valence-corrected chi connectivity index (χ3v) is 3.12. The number of oxime groups is 1. The zero-order chi connectivity index (χ0) is 14.7. The first-order valence-corrected chi connectivity index (χ1v) is 6.47. The molecule has 3 rings (SSSR count). The van der Waals surface area contributed by atoms with Gasteiger partial charge in [-0.25, -0.2) is 4.98 Å². The van der Waals surface area contributed by atoms with Crippen LogP contribution in [0, 0.1) is 0 Å². The lowest BCUT2D eigenvalue weighted by Crippen LogP contribution is -2.22. The summed E-state index contributed by atoms with van der Waals surface area (Å²) in [6.45, 7) is 0. The minimum Gasteiger partial charge on any atom is -0.504 e. The molecule has 1 aliphatic rings. The predicted octanol–water partition coefficient (Wildman–Crippen LogP) is 2.24. The Hall–Kier alpha value is -2.89. The number of pyridine rings is 1. The number of hydrogen-bond acceptors (Lipinski definition) is 5. The topological polar surface area (TPSA) is 83.8 Å². The zero-order valence-corrected chi connectivity index (χ0v) is 11.1. The lowest BCUT2D eigenvalue weighted by atomic mass is 10.0. The largest absolute Gasteiger partial charge is 0.504 e. The number of nitrogens with zero attached hydrogens (tertiary/aromatic N) is 2. The van der Waals surface area contributed by atoms with Crippen molar-refractivity contribution in [2.75, 3.05) is 5.32 Å². The maximum absolute atomic E-state index is 12.1. The summed E-state index contributed by atoms with van der Waals surface area (Å²) in [5, 5.41) is 15.9. The van der Waals surface area contributed by atoms with E-state index < -0.39 is 5.91 Å². The average molecular weight is 283 g/mol. The molecule has 0 unspecified atom stereocenters. The van der Waals surface area contributed by atoms with E-state index in [1.54, 1.807) is 6.07 Å². The third kappa shape index (κ3) is 2.84. The van der Waals surface area contributed by atoms with Gasteiger partial charge in [-0.1, -0.05) is 35.5 Å². The van der Waals surface area contributed by atoms with E-state index in [4.69, 9.17) is 4.84 Å². The van der Waals surface area contributed by atoms with Crippen LogP contribution in [0.25, 0.3) is 0 Å². The number of aromatic hydroxyl groups is 1. The number of aromatic nitrogens is 1. The maximum atomic E-state index is 12.1. The van der Waals surface area contributed by atoms with Crippen LogP contribution in [0.5, 0.6) is 5.75 Å². The Morgan fingerprint density at radius 2 is 2.05 bits per heavy atom. The molecule has 2 N–H and O–H groups in total. The number of nitrogens with one attached hydrogen (secondary N) is 1. The van der Waals surface area contributed by atoms with E-state index in [9.17, 15) is 9.90 Å². The summed E-state index contributed by atoms with van der Waals surface area (Å²) in [4.78, 5) is 21.2. The molecule has 0 saturated heterocycles. The molecular formula is C15H13N3O3. The van der Waals surface area contributed by atoms with Crippen molar-refractivity contribution in [3.63, 3.8) is 0 Å². The smallest absolute Gasteiger partial charge is 0.274 e. The Labute approximate surface area is 121 Å². The number of benzene rings is 1. The van der Waals surface area contributed by atoms with Gasteiger partial charge in [-0.15, -0.1) is 0 Å². The van der Waals surface area contributed by atoms with Crippen molar-refractivity contribution in [3.8, 4) is 5.75 Å². The molecule has 1 atom stereocenters. The highest BCUT2D eigenvalue weighted by Gasteiger charge is 2.27. The van der Waals surface area contributed by atoms with Crippen molar-refractivity contribution in [1.82, 2.24) is 4.98 Å². The second-order valence-electron chi connectivity index (χ2n) is 4.57. The van der Waals surface area contributed by atoms with E-state index >= 15 is 0 Å². The first-order valence-electron chi connectivity index (χ1n) is 6.47. The highest BCUT2D eigenvalue weighted by atomic mass is 16.6. The molecule has 1 aromatic carbocycles. The average Bonchev–Trinajstić information content (AvgIpc) is 3.00. The minimum atomic E-state index is -0.428. The van der Waals surface area contributed by atoms with Crippen molar-refractivity contribution in [2.24, 2.45) is 5.16 Å². The van der Waals surface area contributed by atoms with Gasteiger partial charge in [0.2, 0.25) is 0 Å². The van der Waals surface area contributed by atoms with Gasteiger partial charge < -0.3 is 15.3 Å². The van der Waals surface area contributed by atoms with Gasteiger partial charge in [0.25, 0.3) is 5.91 Å². The molecule has 2 heterocycles. The van der Waals surface area contributed by atoms with E-state index in [1.165, 1.54) is 12.3 Å². The zero-order valence-electron chi connectivity index (χ0n) is 11.1. The molecule has 21 heavy (non-hydrogen) atoms. The van der Waals surface area contributed by atoms with Crippen molar-refractivity contribution in [3.05, 3.63) is 54.2 Å². The fourth-order valence-corrected chi connectivity index (χ4v) is 2.03. The molecule has 0 radical (unpaired) electrons. The van der Waals surface area contributed by atoms with Gasteiger partial charge in [-0.05, 0) is 17.7 Å². The molecule has 0 aliphatic carbocycles. The summed E-state index contributed by atoms with van der Waals surface area (Å²) >= 11 is 0. The van der Waals surface area contributed by atoms with Crippen LogP contribution < -0.4 is 5.32 Å². The number of rotatable bonds is 3. The van der Waals surface area contributed by atoms with E-state index in [0.717, 1.165) is 5.56 Å². The van der Waals surface area contributed by atoms with E-state index in [2.05, 4.69) is 15.5 Å². The van der Waals surface area contributed by atoms with Crippen LogP contribution in [0.1, 0.15) is 18.1 Å². The summed E-state index contributed by atoms with van der Waals surface area (Å²) in [5.41, 5.74) is 1.23. The van der Waals surface area contributed by atoms with Crippen molar-refractivity contribution >= 4 is 17.4 Å². The minimum absolute atomic E-state index is 0.0926. The fourth-order valence-electron chi connectivity index (χ4n) is 2.03. The molecule has 0 fully saturated rings. The van der Waals surface area contributed by atoms with Crippen LogP contribution in [0.15, 0.2) is 53.8 Å². The lowest BCUT2D eigenvalue weighted by Gasteiger charge is -2.07. The highest BCUT2D eigenvalue weighted by molar-refractivity contribution is 6.43. The third-order valence-electron chi connectivity index (χ3n) is 3.12. The molecule has 0 bridgehead atoms. The monoisotopic (exact) mass is 283 g/mol. The number of amides is 1. The number of anilines is 1. The lowest BCUT2D eigenvalue weighted by molar-refractivity contribution is -0.110. The van der Waals surface area contributed by atoms with Crippen LogP contribution in [0.4, 0.5) is 5.82 Å². The Morgan fingerprint density at radius 3 is 2.81 bits per heavy atom. The number of carbonyl (C=O) groups is 1. The van der Waals surface area contributed by atoms with Gasteiger partial charge in [0, 0.05) is 12.6 Å². The summed E-state index contributed by atoms with van der Waals surface area (Å²) in [6.07, 6.45) is 1.60. The molecule has 6 heteroatoms. The molecule has 0 spiro atoms. The van der Waals surface area contributed by atoms with Crippen LogP contribution >= 0.6 is 0 Å². The SMILES string of the molecule is O=C(Nc1ncccc1O)C1=NO[C@@H](c2ccccc2)C1.